The molecule has 19 heavy (non-hydrogen) atoms. The zero-order chi connectivity index (χ0) is 13.4. The Balaban J connectivity index is 1.96. The van der Waals surface area contributed by atoms with E-state index in [9.17, 15) is 4.39 Å². The molecule has 1 aliphatic rings. The Hall–Kier alpha value is -1.68. The van der Waals surface area contributed by atoms with Crippen LogP contribution < -0.4 is 9.47 Å². The van der Waals surface area contributed by atoms with Crippen molar-refractivity contribution in [3.63, 3.8) is 0 Å². The quantitative estimate of drug-likeness (QED) is 0.665. The Bertz CT molecular complexity index is 626. The molecule has 0 aromatic heterocycles. The normalized spacial score (nSPS) is 12.6. The van der Waals surface area contributed by atoms with E-state index in [1.807, 2.05) is 32.0 Å². The van der Waals surface area contributed by atoms with Gasteiger partial charge in [0.2, 0.25) is 0 Å². The maximum atomic E-state index is 13.7. The molecular formula is C15H13FO2S. The molecular weight excluding hydrogens is 263 g/mol. The van der Waals surface area contributed by atoms with Gasteiger partial charge in [-0.1, -0.05) is 17.8 Å². The number of rotatable bonds is 2. The first-order valence-corrected chi connectivity index (χ1v) is 6.90. The van der Waals surface area contributed by atoms with E-state index in [1.165, 1.54) is 17.8 Å². The van der Waals surface area contributed by atoms with Gasteiger partial charge in [-0.25, -0.2) is 4.39 Å². The highest BCUT2D eigenvalue weighted by Gasteiger charge is 2.21. The molecule has 1 aliphatic heterocycles. The van der Waals surface area contributed by atoms with Crippen LogP contribution in [0.25, 0.3) is 0 Å². The van der Waals surface area contributed by atoms with Crippen molar-refractivity contribution in [3.05, 3.63) is 42.2 Å². The molecule has 0 N–H and O–H groups in total. The standard InChI is InChI=1S/C15H13FO2S/c1-9(2)17-10-6-7-14-13(8-10)18-12-5-3-4-11(16)15(12)19-14/h3-9H,1-2H3. The van der Waals surface area contributed by atoms with E-state index >= 15 is 0 Å². The minimum absolute atomic E-state index is 0.110. The van der Waals surface area contributed by atoms with Crippen LogP contribution in [0.2, 0.25) is 0 Å². The molecule has 0 radical (unpaired) electrons. The van der Waals surface area contributed by atoms with Crippen LogP contribution in [-0.2, 0) is 0 Å². The van der Waals surface area contributed by atoms with Crippen LogP contribution in [0, 0.1) is 5.82 Å². The minimum atomic E-state index is -0.254. The van der Waals surface area contributed by atoms with Crippen LogP contribution in [0.5, 0.6) is 17.2 Å². The van der Waals surface area contributed by atoms with Crippen LogP contribution in [-0.4, -0.2) is 6.10 Å². The van der Waals surface area contributed by atoms with Gasteiger partial charge in [-0.3, -0.25) is 0 Å². The van der Waals surface area contributed by atoms with Crippen LogP contribution in [0.15, 0.2) is 46.2 Å². The van der Waals surface area contributed by atoms with Gasteiger partial charge < -0.3 is 9.47 Å². The smallest absolute Gasteiger partial charge is 0.145 e. The fourth-order valence-electron chi connectivity index (χ4n) is 1.89. The molecule has 0 amide bonds. The number of halogens is 1. The molecule has 0 saturated carbocycles. The summed E-state index contributed by atoms with van der Waals surface area (Å²) in [5.74, 6) is 1.77. The Labute approximate surface area is 115 Å². The molecule has 0 spiro atoms. The molecule has 0 fully saturated rings. The summed E-state index contributed by atoms with van der Waals surface area (Å²) in [6, 6.07) is 10.5. The van der Waals surface area contributed by atoms with Crippen LogP contribution in [0.3, 0.4) is 0 Å². The lowest BCUT2D eigenvalue weighted by atomic mass is 10.3. The zero-order valence-corrected chi connectivity index (χ0v) is 11.5. The van der Waals surface area contributed by atoms with Gasteiger partial charge in [-0.05, 0) is 38.1 Å². The summed E-state index contributed by atoms with van der Waals surface area (Å²) in [7, 11) is 0. The van der Waals surface area contributed by atoms with Gasteiger partial charge in [0.1, 0.15) is 23.1 Å². The monoisotopic (exact) mass is 276 g/mol. The van der Waals surface area contributed by atoms with Gasteiger partial charge in [0, 0.05) is 6.07 Å². The maximum absolute atomic E-state index is 13.7. The van der Waals surface area contributed by atoms with E-state index in [1.54, 1.807) is 12.1 Å². The summed E-state index contributed by atoms with van der Waals surface area (Å²) in [5.41, 5.74) is 0. The van der Waals surface area contributed by atoms with Crippen molar-refractivity contribution >= 4 is 11.8 Å². The van der Waals surface area contributed by atoms with Crippen molar-refractivity contribution in [1.29, 1.82) is 0 Å². The van der Waals surface area contributed by atoms with Gasteiger partial charge in [-0.15, -0.1) is 0 Å². The second kappa shape index (κ2) is 4.78. The highest BCUT2D eigenvalue weighted by molar-refractivity contribution is 7.99. The minimum Gasteiger partial charge on any atom is -0.491 e. The van der Waals surface area contributed by atoms with E-state index in [2.05, 4.69) is 0 Å². The Morgan fingerprint density at radius 2 is 2.00 bits per heavy atom. The van der Waals surface area contributed by atoms with Crippen LogP contribution in [0.1, 0.15) is 13.8 Å². The fraction of sp³-hybridized carbons (Fsp3) is 0.200. The number of hydrogen-bond donors (Lipinski definition) is 0. The topological polar surface area (TPSA) is 18.5 Å². The van der Waals surface area contributed by atoms with Gasteiger partial charge in [0.25, 0.3) is 0 Å². The van der Waals surface area contributed by atoms with Crippen molar-refractivity contribution in [3.8, 4) is 17.2 Å². The van der Waals surface area contributed by atoms with E-state index in [0.717, 1.165) is 10.6 Å². The van der Waals surface area contributed by atoms with Crippen molar-refractivity contribution in [2.24, 2.45) is 0 Å². The number of benzene rings is 2. The molecule has 0 bridgehead atoms. The Kier molecular flexibility index (Phi) is 3.11. The van der Waals surface area contributed by atoms with E-state index < -0.39 is 0 Å². The predicted molar refractivity (Wildman–Crippen MR) is 72.8 cm³/mol. The SMILES string of the molecule is CC(C)Oc1ccc2c(c1)Oc1cccc(F)c1S2. The second-order valence-electron chi connectivity index (χ2n) is 4.55. The summed E-state index contributed by atoms with van der Waals surface area (Å²) in [4.78, 5) is 1.43. The van der Waals surface area contributed by atoms with E-state index in [4.69, 9.17) is 9.47 Å². The van der Waals surface area contributed by atoms with Gasteiger partial charge in [-0.2, -0.15) is 0 Å². The van der Waals surface area contributed by atoms with Gasteiger partial charge in [0.05, 0.1) is 15.9 Å². The summed E-state index contributed by atoms with van der Waals surface area (Å²) < 4.78 is 25.1. The van der Waals surface area contributed by atoms with E-state index in [-0.39, 0.29) is 11.9 Å². The van der Waals surface area contributed by atoms with Gasteiger partial charge >= 0.3 is 0 Å². The molecule has 2 aromatic carbocycles. The molecule has 1 heterocycles. The first kappa shape index (κ1) is 12.4. The average Bonchev–Trinajstić information content (AvgIpc) is 2.36. The fourth-order valence-corrected chi connectivity index (χ4v) is 2.83. The number of fused-ring (bicyclic) bond motifs is 2. The molecule has 2 nitrogen and oxygen atoms in total. The molecule has 0 unspecified atom stereocenters. The zero-order valence-electron chi connectivity index (χ0n) is 10.6. The molecule has 4 heteroatoms. The predicted octanol–water partition coefficient (Wildman–Crippen LogP) is 4.87. The molecule has 2 aromatic rings. The number of ether oxygens (including phenoxy) is 2. The Morgan fingerprint density at radius 1 is 1.16 bits per heavy atom. The molecule has 98 valence electrons. The molecule has 0 aliphatic carbocycles. The third kappa shape index (κ3) is 2.40. The summed E-state index contributed by atoms with van der Waals surface area (Å²) in [6.45, 7) is 3.94. The van der Waals surface area contributed by atoms with Crippen LogP contribution >= 0.6 is 11.8 Å². The molecule has 0 saturated heterocycles. The third-order valence-electron chi connectivity index (χ3n) is 2.65. The molecule has 0 atom stereocenters. The maximum Gasteiger partial charge on any atom is 0.145 e. The third-order valence-corrected chi connectivity index (χ3v) is 3.81. The first-order chi connectivity index (χ1) is 9.13. The highest BCUT2D eigenvalue weighted by Crippen LogP contribution is 2.48. The lowest BCUT2D eigenvalue weighted by Gasteiger charge is -2.21. The first-order valence-electron chi connectivity index (χ1n) is 6.08. The lowest BCUT2D eigenvalue weighted by Crippen LogP contribution is -2.06. The van der Waals surface area contributed by atoms with Crippen molar-refractivity contribution < 1.29 is 13.9 Å². The summed E-state index contributed by atoms with van der Waals surface area (Å²) in [5, 5.41) is 0. The second-order valence-corrected chi connectivity index (χ2v) is 5.60. The largest absolute Gasteiger partial charge is 0.491 e. The van der Waals surface area contributed by atoms with Crippen molar-refractivity contribution in [2.45, 2.75) is 29.7 Å². The van der Waals surface area contributed by atoms with Crippen molar-refractivity contribution in [1.82, 2.24) is 0 Å². The lowest BCUT2D eigenvalue weighted by molar-refractivity contribution is 0.241. The highest BCUT2D eigenvalue weighted by atomic mass is 32.2. The van der Waals surface area contributed by atoms with E-state index in [0.29, 0.717) is 16.4 Å². The Morgan fingerprint density at radius 3 is 2.79 bits per heavy atom. The number of hydrogen-bond acceptors (Lipinski definition) is 3. The summed E-state index contributed by atoms with van der Waals surface area (Å²) in [6.07, 6.45) is 0.110. The molecule has 3 rings (SSSR count). The average molecular weight is 276 g/mol. The van der Waals surface area contributed by atoms with Crippen molar-refractivity contribution in [2.75, 3.05) is 0 Å². The van der Waals surface area contributed by atoms with Crippen LogP contribution in [0.4, 0.5) is 4.39 Å². The summed E-state index contributed by atoms with van der Waals surface area (Å²) >= 11 is 1.38. The van der Waals surface area contributed by atoms with Gasteiger partial charge in [0.15, 0.2) is 0 Å².